The molecule has 0 bridgehead atoms. The van der Waals surface area contributed by atoms with Crippen LogP contribution in [-0.2, 0) is 4.79 Å². The number of anilines is 1. The third kappa shape index (κ3) is 2.04. The van der Waals surface area contributed by atoms with E-state index in [4.69, 9.17) is 0 Å². The number of nitrogens with zero attached hydrogens (tertiary/aromatic N) is 1. The van der Waals surface area contributed by atoms with Crippen LogP contribution in [0.2, 0.25) is 0 Å². The molecular formula is C15H13F4NO. The SMILES string of the molecule is CC1(C)CC(=O)C2C(=Cc3cc(F)c(F)c(F)c3N2F)C1. The van der Waals surface area contributed by atoms with Gasteiger partial charge in [-0.2, -0.15) is 5.12 Å². The van der Waals surface area contributed by atoms with Gasteiger partial charge in [0.2, 0.25) is 0 Å². The minimum Gasteiger partial charge on any atom is -0.297 e. The first-order valence-electron chi connectivity index (χ1n) is 6.57. The van der Waals surface area contributed by atoms with E-state index in [1.54, 1.807) is 0 Å². The smallest absolute Gasteiger partial charge is 0.196 e. The van der Waals surface area contributed by atoms with Gasteiger partial charge in [0.15, 0.2) is 23.2 Å². The molecule has 0 amide bonds. The van der Waals surface area contributed by atoms with Crippen molar-refractivity contribution >= 4 is 17.5 Å². The molecule has 1 unspecified atom stereocenters. The first kappa shape index (κ1) is 14.1. The van der Waals surface area contributed by atoms with E-state index in [-0.39, 0.29) is 22.5 Å². The lowest BCUT2D eigenvalue weighted by Gasteiger charge is -2.40. The molecule has 1 aromatic carbocycles. The van der Waals surface area contributed by atoms with Crippen LogP contribution in [0.15, 0.2) is 11.6 Å². The summed E-state index contributed by atoms with van der Waals surface area (Å²) in [6.45, 7) is 3.73. The van der Waals surface area contributed by atoms with Gasteiger partial charge in [0, 0.05) is 12.0 Å². The summed E-state index contributed by atoms with van der Waals surface area (Å²) in [6, 6.07) is -0.500. The summed E-state index contributed by atoms with van der Waals surface area (Å²) in [5.74, 6) is -5.12. The van der Waals surface area contributed by atoms with Gasteiger partial charge in [-0.3, -0.25) is 4.79 Å². The zero-order valence-electron chi connectivity index (χ0n) is 11.5. The Morgan fingerprint density at radius 3 is 2.52 bits per heavy atom. The molecule has 1 aliphatic carbocycles. The maximum atomic E-state index is 14.4. The van der Waals surface area contributed by atoms with Gasteiger partial charge < -0.3 is 0 Å². The fourth-order valence-electron chi connectivity index (χ4n) is 3.15. The maximum absolute atomic E-state index is 14.4. The average Bonchev–Trinajstić information content (AvgIpc) is 2.33. The molecular weight excluding hydrogens is 286 g/mol. The van der Waals surface area contributed by atoms with Gasteiger partial charge in [-0.15, -0.1) is 0 Å². The van der Waals surface area contributed by atoms with E-state index in [2.05, 4.69) is 0 Å². The van der Waals surface area contributed by atoms with Crippen LogP contribution in [0.3, 0.4) is 0 Å². The summed E-state index contributed by atoms with van der Waals surface area (Å²) < 4.78 is 54.8. The monoisotopic (exact) mass is 299 g/mol. The molecule has 6 heteroatoms. The van der Waals surface area contributed by atoms with Crippen molar-refractivity contribution in [3.8, 4) is 0 Å². The minimum atomic E-state index is -1.74. The molecule has 1 fully saturated rings. The van der Waals surface area contributed by atoms with Gasteiger partial charge >= 0.3 is 0 Å². The first-order valence-corrected chi connectivity index (χ1v) is 6.57. The van der Waals surface area contributed by atoms with Crippen LogP contribution in [0.5, 0.6) is 0 Å². The second kappa shape index (κ2) is 4.32. The van der Waals surface area contributed by atoms with Crippen LogP contribution in [0, 0.1) is 22.9 Å². The number of rotatable bonds is 0. The average molecular weight is 299 g/mol. The van der Waals surface area contributed by atoms with Crippen molar-refractivity contribution in [1.29, 1.82) is 0 Å². The van der Waals surface area contributed by atoms with Gasteiger partial charge in [0.1, 0.15) is 11.7 Å². The topological polar surface area (TPSA) is 20.3 Å². The highest BCUT2D eigenvalue weighted by atomic mass is 19.2. The van der Waals surface area contributed by atoms with Crippen molar-refractivity contribution in [1.82, 2.24) is 0 Å². The largest absolute Gasteiger partial charge is 0.297 e. The molecule has 1 saturated carbocycles. The molecule has 0 N–H and O–H groups in total. The highest BCUT2D eigenvalue weighted by Crippen LogP contribution is 2.45. The molecule has 0 saturated heterocycles. The minimum absolute atomic E-state index is 0.0694. The molecule has 1 atom stereocenters. The van der Waals surface area contributed by atoms with Gasteiger partial charge in [-0.25, -0.2) is 13.2 Å². The van der Waals surface area contributed by atoms with Crippen molar-refractivity contribution in [2.45, 2.75) is 32.7 Å². The van der Waals surface area contributed by atoms with Crippen molar-refractivity contribution in [2.24, 2.45) is 5.41 Å². The Labute approximate surface area is 119 Å². The van der Waals surface area contributed by atoms with Crippen LogP contribution in [-0.4, -0.2) is 11.8 Å². The molecule has 1 aliphatic heterocycles. The number of carbonyl (C=O) groups is 1. The predicted octanol–water partition coefficient (Wildman–Crippen LogP) is 3.95. The van der Waals surface area contributed by atoms with Gasteiger partial charge in [-0.1, -0.05) is 24.4 Å². The van der Waals surface area contributed by atoms with Crippen molar-refractivity contribution in [2.75, 3.05) is 5.12 Å². The van der Waals surface area contributed by atoms with Crippen LogP contribution >= 0.6 is 0 Å². The van der Waals surface area contributed by atoms with Crippen LogP contribution in [0.25, 0.3) is 6.08 Å². The first-order chi connectivity index (χ1) is 9.71. The third-order valence-corrected chi connectivity index (χ3v) is 3.94. The zero-order chi connectivity index (χ0) is 15.5. The van der Waals surface area contributed by atoms with Crippen LogP contribution < -0.4 is 5.12 Å². The Bertz CT molecular complexity index is 681. The summed E-state index contributed by atoms with van der Waals surface area (Å²) in [5, 5.41) is -0.0694. The normalized spacial score (nSPS) is 23.5. The second-order valence-electron chi connectivity index (χ2n) is 6.34. The van der Waals surface area contributed by atoms with Gasteiger partial charge in [-0.05, 0) is 23.5 Å². The van der Waals surface area contributed by atoms with E-state index in [1.165, 1.54) is 6.08 Å². The Balaban J connectivity index is 2.20. The van der Waals surface area contributed by atoms with Crippen molar-refractivity contribution < 1.29 is 22.4 Å². The lowest BCUT2D eigenvalue weighted by molar-refractivity contribution is -0.123. The fourth-order valence-corrected chi connectivity index (χ4v) is 3.15. The molecule has 0 spiro atoms. The van der Waals surface area contributed by atoms with Crippen molar-refractivity contribution in [3.05, 3.63) is 34.7 Å². The Kier molecular flexibility index (Phi) is 2.90. The Morgan fingerprint density at radius 2 is 1.86 bits per heavy atom. The van der Waals surface area contributed by atoms with E-state index < -0.39 is 35.0 Å². The quantitative estimate of drug-likeness (QED) is 0.411. The highest BCUT2D eigenvalue weighted by Gasteiger charge is 2.44. The number of ketones is 1. The Morgan fingerprint density at radius 1 is 1.19 bits per heavy atom. The predicted molar refractivity (Wildman–Crippen MR) is 69.7 cm³/mol. The fraction of sp³-hybridized carbons (Fsp3) is 0.400. The summed E-state index contributed by atoms with van der Waals surface area (Å²) in [6.07, 6.45) is 1.97. The van der Waals surface area contributed by atoms with E-state index >= 15 is 0 Å². The summed E-state index contributed by atoms with van der Waals surface area (Å²) in [7, 11) is 0. The number of fused-ring (bicyclic) bond motifs is 2. The molecule has 112 valence electrons. The maximum Gasteiger partial charge on any atom is 0.196 e. The zero-order valence-corrected chi connectivity index (χ0v) is 11.5. The molecule has 0 radical (unpaired) electrons. The summed E-state index contributed by atoms with van der Waals surface area (Å²) in [4.78, 5) is 12.1. The molecule has 2 nitrogen and oxygen atoms in total. The van der Waals surface area contributed by atoms with E-state index in [1.807, 2.05) is 13.8 Å². The second-order valence-corrected chi connectivity index (χ2v) is 6.34. The van der Waals surface area contributed by atoms with Gasteiger partial charge in [0.25, 0.3) is 0 Å². The lowest BCUT2D eigenvalue weighted by atomic mass is 9.71. The van der Waals surface area contributed by atoms with Crippen LogP contribution in [0.1, 0.15) is 32.3 Å². The Hall–Kier alpha value is -1.85. The molecule has 2 aliphatic rings. The molecule has 1 heterocycles. The number of hydrogen-bond donors (Lipinski definition) is 0. The van der Waals surface area contributed by atoms with E-state index in [0.717, 1.165) is 6.07 Å². The van der Waals surface area contributed by atoms with E-state index in [0.29, 0.717) is 12.0 Å². The molecule has 1 aromatic rings. The van der Waals surface area contributed by atoms with Gasteiger partial charge in [0.05, 0.1) is 0 Å². The number of Topliss-reactive ketones (excluding diaryl/α,β-unsaturated/α-hetero) is 1. The summed E-state index contributed by atoms with van der Waals surface area (Å²) in [5.41, 5.74) is -0.687. The standard InChI is InChI=1S/C15H13F4NO/c1-15(2)5-8-3-7-4-9(16)11(17)12(18)14(7)20(19)13(8)10(21)6-15/h3-4,13H,5-6H2,1-2H3. The summed E-state index contributed by atoms with van der Waals surface area (Å²) >= 11 is 0. The molecule has 21 heavy (non-hydrogen) atoms. The molecule has 0 aromatic heterocycles. The van der Waals surface area contributed by atoms with Crippen LogP contribution in [0.4, 0.5) is 23.3 Å². The highest BCUT2D eigenvalue weighted by molar-refractivity contribution is 5.96. The van der Waals surface area contributed by atoms with Crippen molar-refractivity contribution in [3.63, 3.8) is 0 Å². The third-order valence-electron chi connectivity index (χ3n) is 3.94. The molecule has 3 rings (SSSR count). The number of hydrogen-bond acceptors (Lipinski definition) is 2. The number of halogens is 4. The number of benzene rings is 1. The number of carbonyl (C=O) groups excluding carboxylic acids is 1. The van der Waals surface area contributed by atoms with E-state index in [9.17, 15) is 22.4 Å². The lowest BCUT2D eigenvalue weighted by Crippen LogP contribution is -2.46.